The first-order valence-electron chi connectivity index (χ1n) is 7.86. The smallest absolute Gasteiger partial charge is 0.191 e. The Bertz CT molecular complexity index is 937. The lowest BCUT2D eigenvalue weighted by Crippen LogP contribution is -2.24. The van der Waals surface area contributed by atoms with E-state index in [0.717, 1.165) is 5.69 Å². The maximum absolute atomic E-state index is 13.8. The standard InChI is InChI=1S/C19H16F2N4S/c20-15-6-3-7-16(11-15)23-19(26)24-22-12-17-8-4-10-25(17)13-14-5-1-2-9-18(14)21/h1-12H,13H2,(H2,23,24,26)/b22-12-. The van der Waals surface area contributed by atoms with E-state index in [0.29, 0.717) is 17.8 Å². The average Bonchev–Trinajstić information content (AvgIpc) is 3.04. The molecule has 0 saturated heterocycles. The van der Waals surface area contributed by atoms with Gasteiger partial charge in [-0.25, -0.2) is 8.78 Å². The zero-order chi connectivity index (χ0) is 18.4. The molecule has 2 N–H and O–H groups in total. The third kappa shape index (κ3) is 4.73. The molecule has 0 unspecified atom stereocenters. The number of aromatic nitrogens is 1. The first-order valence-corrected chi connectivity index (χ1v) is 8.27. The molecular weight excluding hydrogens is 354 g/mol. The molecule has 0 aliphatic rings. The summed E-state index contributed by atoms with van der Waals surface area (Å²) in [5.41, 5.74) is 4.58. The van der Waals surface area contributed by atoms with Crippen molar-refractivity contribution in [3.8, 4) is 0 Å². The van der Waals surface area contributed by atoms with Crippen molar-refractivity contribution < 1.29 is 8.78 Å². The zero-order valence-corrected chi connectivity index (χ0v) is 14.5. The molecule has 0 radical (unpaired) electrons. The Labute approximate surface area is 155 Å². The number of rotatable bonds is 5. The Morgan fingerprint density at radius 2 is 1.92 bits per heavy atom. The lowest BCUT2D eigenvalue weighted by Gasteiger charge is -2.08. The SMILES string of the molecule is Fc1cccc(NC(=S)N/N=C\c2cccn2Cc2ccccc2F)c1. The molecule has 0 aliphatic heterocycles. The molecule has 132 valence electrons. The summed E-state index contributed by atoms with van der Waals surface area (Å²) in [7, 11) is 0. The van der Waals surface area contributed by atoms with Gasteiger partial charge in [0.15, 0.2) is 5.11 Å². The summed E-state index contributed by atoms with van der Waals surface area (Å²) >= 11 is 5.11. The summed E-state index contributed by atoms with van der Waals surface area (Å²) in [4.78, 5) is 0. The molecule has 3 aromatic rings. The van der Waals surface area contributed by atoms with Crippen LogP contribution < -0.4 is 10.7 Å². The number of hydrogen-bond acceptors (Lipinski definition) is 2. The Morgan fingerprint density at radius 3 is 2.73 bits per heavy atom. The molecule has 1 heterocycles. The second kappa shape index (κ2) is 8.35. The third-order valence-corrected chi connectivity index (χ3v) is 3.80. The molecular formula is C19H16F2N4S. The molecule has 0 fully saturated rings. The van der Waals surface area contributed by atoms with Gasteiger partial charge in [-0.05, 0) is 48.6 Å². The molecule has 0 atom stereocenters. The van der Waals surface area contributed by atoms with Gasteiger partial charge in [0.1, 0.15) is 11.6 Å². The number of benzene rings is 2. The van der Waals surface area contributed by atoms with Gasteiger partial charge in [-0.1, -0.05) is 24.3 Å². The fraction of sp³-hybridized carbons (Fsp3) is 0.0526. The quantitative estimate of drug-likeness (QED) is 0.403. The van der Waals surface area contributed by atoms with Crippen molar-refractivity contribution in [2.75, 3.05) is 5.32 Å². The zero-order valence-electron chi connectivity index (χ0n) is 13.7. The molecule has 0 amide bonds. The monoisotopic (exact) mass is 370 g/mol. The highest BCUT2D eigenvalue weighted by Crippen LogP contribution is 2.11. The molecule has 0 bridgehead atoms. The van der Waals surface area contributed by atoms with E-state index in [4.69, 9.17) is 12.2 Å². The van der Waals surface area contributed by atoms with Crippen LogP contribution in [0.15, 0.2) is 72.0 Å². The second-order valence-corrected chi connectivity index (χ2v) is 5.90. The average molecular weight is 370 g/mol. The van der Waals surface area contributed by atoms with Crippen molar-refractivity contribution in [3.05, 3.63) is 89.8 Å². The van der Waals surface area contributed by atoms with Crippen LogP contribution in [0, 0.1) is 11.6 Å². The number of hydrogen-bond donors (Lipinski definition) is 2. The van der Waals surface area contributed by atoms with Gasteiger partial charge in [0.05, 0.1) is 18.5 Å². The Hall–Kier alpha value is -3.06. The van der Waals surface area contributed by atoms with E-state index in [9.17, 15) is 8.78 Å². The summed E-state index contributed by atoms with van der Waals surface area (Å²) in [6.07, 6.45) is 3.43. The highest BCUT2D eigenvalue weighted by Gasteiger charge is 2.04. The van der Waals surface area contributed by atoms with Crippen molar-refractivity contribution in [2.24, 2.45) is 5.10 Å². The van der Waals surface area contributed by atoms with E-state index in [2.05, 4.69) is 15.8 Å². The van der Waals surface area contributed by atoms with Crippen molar-refractivity contribution in [3.63, 3.8) is 0 Å². The lowest BCUT2D eigenvalue weighted by atomic mass is 10.2. The van der Waals surface area contributed by atoms with Gasteiger partial charge in [-0.3, -0.25) is 5.43 Å². The molecule has 0 saturated carbocycles. The van der Waals surface area contributed by atoms with E-state index in [1.54, 1.807) is 36.5 Å². The van der Waals surface area contributed by atoms with E-state index in [1.807, 2.05) is 22.9 Å². The van der Waals surface area contributed by atoms with Crippen LogP contribution in [0.5, 0.6) is 0 Å². The van der Waals surface area contributed by atoms with Crippen LogP contribution in [0.25, 0.3) is 0 Å². The van der Waals surface area contributed by atoms with Crippen molar-refractivity contribution >= 4 is 29.2 Å². The fourth-order valence-corrected chi connectivity index (χ4v) is 2.55. The largest absolute Gasteiger partial charge is 0.342 e. The minimum Gasteiger partial charge on any atom is -0.342 e. The van der Waals surface area contributed by atoms with Crippen LogP contribution >= 0.6 is 12.2 Å². The summed E-state index contributed by atoms with van der Waals surface area (Å²) < 4.78 is 28.8. The molecule has 0 aliphatic carbocycles. The Balaban J connectivity index is 1.60. The van der Waals surface area contributed by atoms with Crippen LogP contribution in [0.3, 0.4) is 0 Å². The minimum absolute atomic E-state index is 0.235. The molecule has 7 heteroatoms. The number of anilines is 1. The number of hydrazone groups is 1. The molecule has 1 aromatic heterocycles. The number of nitrogens with zero attached hydrogens (tertiary/aromatic N) is 2. The van der Waals surface area contributed by atoms with E-state index >= 15 is 0 Å². The van der Waals surface area contributed by atoms with Crippen molar-refractivity contribution in [1.82, 2.24) is 9.99 Å². The van der Waals surface area contributed by atoms with Crippen molar-refractivity contribution in [1.29, 1.82) is 0 Å². The highest BCUT2D eigenvalue weighted by molar-refractivity contribution is 7.80. The van der Waals surface area contributed by atoms with Gasteiger partial charge in [-0.15, -0.1) is 0 Å². The predicted molar refractivity (Wildman–Crippen MR) is 103 cm³/mol. The van der Waals surface area contributed by atoms with Gasteiger partial charge in [0, 0.05) is 17.4 Å². The minimum atomic E-state index is -0.354. The number of halogens is 2. The van der Waals surface area contributed by atoms with Gasteiger partial charge in [0.2, 0.25) is 0 Å². The van der Waals surface area contributed by atoms with Crippen LogP contribution in [-0.4, -0.2) is 15.9 Å². The normalized spacial score (nSPS) is 10.8. The molecule has 26 heavy (non-hydrogen) atoms. The first-order chi connectivity index (χ1) is 12.6. The third-order valence-electron chi connectivity index (χ3n) is 3.61. The summed E-state index contributed by atoms with van der Waals surface area (Å²) in [5, 5.41) is 7.14. The van der Waals surface area contributed by atoms with Crippen molar-refractivity contribution in [2.45, 2.75) is 6.54 Å². The van der Waals surface area contributed by atoms with Gasteiger partial charge < -0.3 is 9.88 Å². The summed E-state index contributed by atoms with van der Waals surface area (Å²) in [6.45, 7) is 0.396. The highest BCUT2D eigenvalue weighted by atomic mass is 32.1. The molecule has 2 aromatic carbocycles. The molecule has 0 spiro atoms. The molecule has 3 rings (SSSR count). The Morgan fingerprint density at radius 1 is 1.08 bits per heavy atom. The Kier molecular flexibility index (Phi) is 5.70. The van der Waals surface area contributed by atoms with Gasteiger partial charge in [-0.2, -0.15) is 5.10 Å². The van der Waals surface area contributed by atoms with Gasteiger partial charge >= 0.3 is 0 Å². The molecule has 4 nitrogen and oxygen atoms in total. The maximum atomic E-state index is 13.8. The fourth-order valence-electron chi connectivity index (χ4n) is 2.38. The maximum Gasteiger partial charge on any atom is 0.191 e. The first kappa shape index (κ1) is 17.8. The van der Waals surface area contributed by atoms with Crippen LogP contribution in [0.1, 0.15) is 11.3 Å². The van der Waals surface area contributed by atoms with Crippen LogP contribution in [0.4, 0.5) is 14.5 Å². The van der Waals surface area contributed by atoms with E-state index in [-0.39, 0.29) is 16.7 Å². The number of thiocarbonyl (C=S) groups is 1. The number of nitrogens with one attached hydrogen (secondary N) is 2. The van der Waals surface area contributed by atoms with E-state index < -0.39 is 0 Å². The second-order valence-electron chi connectivity index (χ2n) is 5.49. The van der Waals surface area contributed by atoms with Crippen LogP contribution in [-0.2, 0) is 6.54 Å². The lowest BCUT2D eigenvalue weighted by molar-refractivity contribution is 0.599. The topological polar surface area (TPSA) is 41.4 Å². The van der Waals surface area contributed by atoms with E-state index in [1.165, 1.54) is 18.2 Å². The summed E-state index contributed by atoms with van der Waals surface area (Å²) in [5.74, 6) is -0.602. The van der Waals surface area contributed by atoms with Crippen LogP contribution in [0.2, 0.25) is 0 Å². The summed E-state index contributed by atoms with van der Waals surface area (Å²) in [6, 6.07) is 16.3. The van der Waals surface area contributed by atoms with Gasteiger partial charge in [0.25, 0.3) is 0 Å². The predicted octanol–water partition coefficient (Wildman–Crippen LogP) is 4.14.